The van der Waals surface area contributed by atoms with Gasteiger partial charge < -0.3 is 24.2 Å². The predicted octanol–water partition coefficient (Wildman–Crippen LogP) is 18.4. The van der Waals surface area contributed by atoms with E-state index in [4.69, 9.17) is 23.3 Å². The Kier molecular flexibility index (Phi) is 55.1. The number of carbonyl (C=O) groups excluding carboxylic acids is 3. The molecule has 0 aromatic rings. The zero-order chi connectivity index (χ0) is 54.1. The Morgan fingerprint density at radius 1 is 0.392 bits per heavy atom. The monoisotopic (exact) mass is 1070 g/mol. The molecule has 0 aliphatic heterocycles. The number of allylic oxidation sites excluding steroid dienone is 6. The van der Waals surface area contributed by atoms with E-state index in [1.54, 1.807) is 0 Å². The largest absolute Gasteiger partial charge is 0.472 e. The number of rotatable bonds is 58. The number of carbonyl (C=O) groups is 3. The number of unbranched alkanes of at least 4 members (excludes halogenated alkanes) is 35. The second-order valence-corrected chi connectivity index (χ2v) is 22.3. The Labute approximate surface area is 454 Å². The zero-order valence-corrected chi connectivity index (χ0v) is 49.0. The Balaban J connectivity index is 4.67. The minimum absolute atomic E-state index is 0.152. The average Bonchev–Trinajstić information content (AvgIpc) is 3.39. The second-order valence-electron chi connectivity index (χ2n) is 20.9. The summed E-state index contributed by atoms with van der Waals surface area (Å²) in [5.74, 6) is -1.46. The van der Waals surface area contributed by atoms with Gasteiger partial charge in [0.25, 0.3) is 0 Å². The van der Waals surface area contributed by atoms with Gasteiger partial charge in [-0.25, -0.2) is 4.57 Å². The Bertz CT molecular complexity index is 1380. The van der Waals surface area contributed by atoms with Crippen molar-refractivity contribution in [2.75, 3.05) is 26.4 Å². The van der Waals surface area contributed by atoms with E-state index in [0.29, 0.717) is 19.3 Å². The second kappa shape index (κ2) is 56.9. The first kappa shape index (κ1) is 71.7. The van der Waals surface area contributed by atoms with E-state index in [-0.39, 0.29) is 25.9 Å². The van der Waals surface area contributed by atoms with Gasteiger partial charge in [0.15, 0.2) is 6.10 Å². The molecule has 0 radical (unpaired) electrons. The summed E-state index contributed by atoms with van der Waals surface area (Å²) in [6.45, 7) is 4.58. The van der Waals surface area contributed by atoms with Gasteiger partial charge in [-0.15, -0.1) is 0 Å². The molecule has 434 valence electrons. The number of aliphatic hydroxyl groups is 1. The number of hydrogen-bond donors (Lipinski definition) is 2. The van der Waals surface area contributed by atoms with Gasteiger partial charge >= 0.3 is 25.7 Å². The Hall–Kier alpha value is -2.30. The molecule has 0 fully saturated rings. The van der Waals surface area contributed by atoms with Crippen molar-refractivity contribution in [1.82, 2.24) is 0 Å². The Morgan fingerprint density at radius 3 is 1.08 bits per heavy atom. The molecule has 0 aromatic heterocycles. The van der Waals surface area contributed by atoms with Gasteiger partial charge in [-0.3, -0.25) is 23.4 Å². The Morgan fingerprint density at radius 2 is 0.703 bits per heavy atom. The fourth-order valence-electron chi connectivity index (χ4n) is 8.90. The van der Waals surface area contributed by atoms with E-state index in [1.165, 1.54) is 154 Å². The molecule has 3 unspecified atom stereocenters. The minimum Gasteiger partial charge on any atom is -0.462 e. The highest BCUT2D eigenvalue weighted by atomic mass is 31.2. The van der Waals surface area contributed by atoms with Crippen LogP contribution >= 0.6 is 7.82 Å². The van der Waals surface area contributed by atoms with Crippen molar-refractivity contribution >= 4 is 25.7 Å². The maximum atomic E-state index is 12.9. The van der Waals surface area contributed by atoms with Crippen LogP contribution in [0, 0.1) is 0 Å². The number of phosphoric acid groups is 1. The van der Waals surface area contributed by atoms with Crippen LogP contribution in [0.4, 0.5) is 0 Å². The van der Waals surface area contributed by atoms with Crippen molar-refractivity contribution in [1.29, 1.82) is 0 Å². The average molecular weight is 1070 g/mol. The van der Waals surface area contributed by atoms with Crippen molar-refractivity contribution in [2.24, 2.45) is 0 Å². The number of aliphatic hydroxyl groups excluding tert-OH is 1. The zero-order valence-electron chi connectivity index (χ0n) is 48.1. The van der Waals surface area contributed by atoms with E-state index in [2.05, 4.69) is 57.2 Å². The van der Waals surface area contributed by atoms with E-state index < -0.39 is 57.8 Å². The molecule has 0 aliphatic rings. The first-order valence-corrected chi connectivity index (χ1v) is 32.4. The predicted molar refractivity (Wildman–Crippen MR) is 307 cm³/mol. The molecular weight excluding hydrogens is 952 g/mol. The maximum absolute atomic E-state index is 12.9. The van der Waals surface area contributed by atoms with Crippen LogP contribution < -0.4 is 0 Å². The van der Waals surface area contributed by atoms with Crippen LogP contribution in [0.25, 0.3) is 0 Å². The summed E-state index contributed by atoms with van der Waals surface area (Å²) in [7, 11) is -4.75. The third-order valence-electron chi connectivity index (χ3n) is 13.6. The summed E-state index contributed by atoms with van der Waals surface area (Å²) in [6, 6.07) is 0. The first-order chi connectivity index (χ1) is 36.2. The summed E-state index contributed by atoms with van der Waals surface area (Å²) in [4.78, 5) is 48.6. The molecule has 0 bridgehead atoms. The lowest BCUT2D eigenvalue weighted by atomic mass is 10.0. The first-order valence-electron chi connectivity index (χ1n) is 30.9. The number of phosphoric ester groups is 1. The van der Waals surface area contributed by atoms with Crippen LogP contribution in [0.3, 0.4) is 0 Å². The SMILES string of the molecule is CC/C=C\C/C=C\C/C=C\CCCCCCCC(=O)OC(COC(=O)CCCCCCCCCCCCCCCCCCC)COP(=O)(O)OCC(CO)OC(=O)CCCCCCCCCCCCCCCCC. The molecular formula is C62H115O11P. The van der Waals surface area contributed by atoms with Crippen LogP contribution in [-0.4, -0.2) is 66.5 Å². The van der Waals surface area contributed by atoms with Gasteiger partial charge in [-0.05, 0) is 51.4 Å². The smallest absolute Gasteiger partial charge is 0.462 e. The topological polar surface area (TPSA) is 155 Å². The molecule has 0 rings (SSSR count). The normalized spacial score (nSPS) is 13.5. The van der Waals surface area contributed by atoms with Crippen LogP contribution in [0.15, 0.2) is 36.5 Å². The van der Waals surface area contributed by atoms with Crippen molar-refractivity contribution < 1.29 is 52.2 Å². The molecule has 2 N–H and O–H groups in total. The van der Waals surface area contributed by atoms with Crippen molar-refractivity contribution in [2.45, 2.75) is 315 Å². The molecule has 0 amide bonds. The fourth-order valence-corrected chi connectivity index (χ4v) is 9.69. The van der Waals surface area contributed by atoms with E-state index >= 15 is 0 Å². The van der Waals surface area contributed by atoms with Crippen LogP contribution in [0.2, 0.25) is 0 Å². The minimum atomic E-state index is -4.75. The highest BCUT2D eigenvalue weighted by molar-refractivity contribution is 7.47. The van der Waals surface area contributed by atoms with Crippen molar-refractivity contribution in [3.05, 3.63) is 36.5 Å². The third kappa shape index (κ3) is 54.5. The van der Waals surface area contributed by atoms with E-state index in [0.717, 1.165) is 89.9 Å². The van der Waals surface area contributed by atoms with Gasteiger partial charge in [-0.2, -0.15) is 0 Å². The molecule has 0 heterocycles. The molecule has 0 spiro atoms. The van der Waals surface area contributed by atoms with Gasteiger partial charge in [0, 0.05) is 19.3 Å². The lowest BCUT2D eigenvalue weighted by Crippen LogP contribution is -2.30. The van der Waals surface area contributed by atoms with E-state index in [9.17, 15) is 28.9 Å². The molecule has 3 atom stereocenters. The van der Waals surface area contributed by atoms with Gasteiger partial charge in [-0.1, -0.05) is 269 Å². The lowest BCUT2D eigenvalue weighted by Gasteiger charge is -2.21. The lowest BCUT2D eigenvalue weighted by molar-refractivity contribution is -0.161. The summed E-state index contributed by atoms with van der Waals surface area (Å²) in [5.41, 5.74) is 0. The highest BCUT2D eigenvalue weighted by Gasteiger charge is 2.28. The molecule has 12 heteroatoms. The molecule has 74 heavy (non-hydrogen) atoms. The van der Waals surface area contributed by atoms with Gasteiger partial charge in [0.2, 0.25) is 0 Å². The number of ether oxygens (including phenoxy) is 3. The van der Waals surface area contributed by atoms with Crippen molar-refractivity contribution in [3.63, 3.8) is 0 Å². The molecule has 0 aliphatic carbocycles. The van der Waals surface area contributed by atoms with E-state index in [1.807, 2.05) is 0 Å². The summed E-state index contributed by atoms with van der Waals surface area (Å²) in [5, 5.41) is 9.83. The van der Waals surface area contributed by atoms with Gasteiger partial charge in [0.1, 0.15) is 12.7 Å². The van der Waals surface area contributed by atoms with Crippen molar-refractivity contribution in [3.8, 4) is 0 Å². The standard InChI is InChI=1S/C62H115O11P/c1-4-7-10-13-16-19-22-25-28-29-32-33-36-39-42-45-48-51-60(64)69-55-59(73-62(66)53-50-47-44-41-38-35-31-27-24-21-18-15-12-9-6-3)57-71-74(67,68)70-56-58(54-63)72-61(65)52-49-46-43-40-37-34-30-26-23-20-17-14-11-8-5-2/h9,12,18,21,27,31,58-59,63H,4-8,10-11,13-17,19-20,22-26,28-30,32-57H2,1-3H3,(H,67,68)/b12-9-,21-18-,31-27-. The summed E-state index contributed by atoms with van der Waals surface area (Å²) >= 11 is 0. The molecule has 0 aromatic carbocycles. The van der Waals surface area contributed by atoms with Gasteiger partial charge in [0.05, 0.1) is 19.8 Å². The summed E-state index contributed by atoms with van der Waals surface area (Å²) < 4.78 is 39.6. The van der Waals surface area contributed by atoms with Crippen LogP contribution in [-0.2, 0) is 42.2 Å². The third-order valence-corrected chi connectivity index (χ3v) is 14.5. The van der Waals surface area contributed by atoms with Crippen LogP contribution in [0.1, 0.15) is 303 Å². The summed E-state index contributed by atoms with van der Waals surface area (Å²) in [6.07, 6.45) is 59.5. The molecule has 0 saturated heterocycles. The molecule has 0 saturated carbocycles. The quantitative estimate of drug-likeness (QED) is 0.0197. The molecule has 11 nitrogen and oxygen atoms in total. The highest BCUT2D eigenvalue weighted by Crippen LogP contribution is 2.43. The fraction of sp³-hybridized carbons (Fsp3) is 0.855. The number of esters is 3. The maximum Gasteiger partial charge on any atom is 0.472 e. The number of hydrogen-bond acceptors (Lipinski definition) is 10. The van der Waals surface area contributed by atoms with Crippen LogP contribution in [0.5, 0.6) is 0 Å².